The molecule has 0 spiro atoms. The first kappa shape index (κ1) is 13.2. The number of carbonyl (C=O) groups excluding carboxylic acids is 1. The Morgan fingerprint density at radius 1 is 1.24 bits per heavy atom. The fourth-order valence-electron chi connectivity index (χ4n) is 1.98. The first-order chi connectivity index (χ1) is 10.1. The van der Waals surface area contributed by atoms with Gasteiger partial charge in [-0.15, -0.1) is 0 Å². The van der Waals surface area contributed by atoms with Crippen molar-refractivity contribution in [3.8, 4) is 0 Å². The maximum Gasteiger partial charge on any atom is 0.274 e. The summed E-state index contributed by atoms with van der Waals surface area (Å²) in [6.07, 6.45) is 1.55. The number of aromatic nitrogens is 3. The van der Waals surface area contributed by atoms with Gasteiger partial charge in [-0.05, 0) is 25.1 Å². The molecule has 1 amide bonds. The van der Waals surface area contributed by atoms with Gasteiger partial charge in [-0.3, -0.25) is 4.79 Å². The zero-order valence-corrected chi connectivity index (χ0v) is 11.0. The predicted molar refractivity (Wildman–Crippen MR) is 72.0 cm³/mol. The molecule has 1 N–H and O–H groups in total. The highest BCUT2D eigenvalue weighted by Crippen LogP contribution is 2.19. The number of halogens is 2. The van der Waals surface area contributed by atoms with E-state index in [0.29, 0.717) is 11.3 Å². The second kappa shape index (κ2) is 4.93. The number of para-hydroxylation sites is 1. The van der Waals surface area contributed by atoms with Gasteiger partial charge in [0, 0.05) is 11.8 Å². The van der Waals surface area contributed by atoms with Crippen LogP contribution < -0.4 is 5.32 Å². The smallest absolute Gasteiger partial charge is 0.274 e. The molecule has 0 saturated carbocycles. The van der Waals surface area contributed by atoms with Crippen molar-refractivity contribution in [2.45, 2.75) is 6.92 Å². The molecule has 3 aromatic rings. The van der Waals surface area contributed by atoms with E-state index in [2.05, 4.69) is 15.4 Å². The Bertz CT molecular complexity index is 824. The molecule has 5 nitrogen and oxygen atoms in total. The average Bonchev–Trinajstić information content (AvgIpc) is 2.91. The van der Waals surface area contributed by atoms with Crippen LogP contribution in [0.25, 0.3) is 5.65 Å². The Hall–Kier alpha value is -2.83. The minimum absolute atomic E-state index is 0.0585. The molecule has 0 saturated heterocycles. The van der Waals surface area contributed by atoms with Crippen LogP contribution in [0.5, 0.6) is 0 Å². The zero-order valence-electron chi connectivity index (χ0n) is 11.0. The molecule has 0 bridgehead atoms. The molecule has 0 aliphatic carbocycles. The van der Waals surface area contributed by atoms with Crippen LogP contribution in [-0.2, 0) is 0 Å². The molecule has 21 heavy (non-hydrogen) atoms. The van der Waals surface area contributed by atoms with E-state index < -0.39 is 23.2 Å². The number of hydrogen-bond acceptors (Lipinski definition) is 3. The largest absolute Gasteiger partial charge is 0.316 e. The number of fused-ring (bicyclic) bond motifs is 1. The van der Waals surface area contributed by atoms with Crippen molar-refractivity contribution in [1.82, 2.24) is 14.6 Å². The molecule has 0 fully saturated rings. The van der Waals surface area contributed by atoms with E-state index in [9.17, 15) is 13.6 Å². The minimum Gasteiger partial charge on any atom is -0.316 e. The fraction of sp³-hybridized carbons (Fsp3) is 0.0714. The average molecular weight is 288 g/mol. The highest BCUT2D eigenvalue weighted by molar-refractivity contribution is 6.03. The number of nitrogens with zero attached hydrogens (tertiary/aromatic N) is 3. The van der Waals surface area contributed by atoms with E-state index in [1.807, 2.05) is 0 Å². The molecule has 0 unspecified atom stereocenters. The number of hydrogen-bond donors (Lipinski definition) is 1. The second-order valence-corrected chi connectivity index (χ2v) is 4.43. The lowest BCUT2D eigenvalue weighted by Crippen LogP contribution is -2.17. The van der Waals surface area contributed by atoms with Crippen LogP contribution in [0.15, 0.2) is 36.5 Å². The molecule has 7 heteroatoms. The normalized spacial score (nSPS) is 10.8. The summed E-state index contributed by atoms with van der Waals surface area (Å²) in [5.74, 6) is -2.37. The summed E-state index contributed by atoms with van der Waals surface area (Å²) < 4.78 is 28.6. The molecule has 2 aromatic heterocycles. The summed E-state index contributed by atoms with van der Waals surface area (Å²) in [7, 11) is 0. The van der Waals surface area contributed by atoms with Gasteiger partial charge in [0.15, 0.2) is 5.65 Å². The minimum atomic E-state index is -0.842. The maximum absolute atomic E-state index is 13.5. The first-order valence-corrected chi connectivity index (χ1v) is 6.13. The quantitative estimate of drug-likeness (QED) is 0.788. The Morgan fingerprint density at radius 3 is 2.67 bits per heavy atom. The van der Waals surface area contributed by atoms with Gasteiger partial charge >= 0.3 is 0 Å². The molecular weight excluding hydrogens is 278 g/mol. The van der Waals surface area contributed by atoms with Gasteiger partial charge in [-0.25, -0.2) is 18.3 Å². The van der Waals surface area contributed by atoms with Crippen LogP contribution in [-0.4, -0.2) is 20.5 Å². The fourth-order valence-corrected chi connectivity index (χ4v) is 1.98. The molecule has 1 aromatic carbocycles. The lowest BCUT2D eigenvalue weighted by atomic mass is 10.2. The van der Waals surface area contributed by atoms with E-state index in [4.69, 9.17) is 0 Å². The molecular formula is C14H10F2N4O. The van der Waals surface area contributed by atoms with Crippen molar-refractivity contribution in [1.29, 1.82) is 0 Å². The molecule has 106 valence electrons. The summed E-state index contributed by atoms with van der Waals surface area (Å²) in [5.41, 5.74) is 0.733. The monoisotopic (exact) mass is 288 g/mol. The topological polar surface area (TPSA) is 59.3 Å². The Balaban J connectivity index is 1.97. The summed E-state index contributed by atoms with van der Waals surface area (Å²) in [5, 5.41) is 6.23. The zero-order chi connectivity index (χ0) is 15.0. The lowest BCUT2D eigenvalue weighted by molar-refractivity contribution is 0.102. The molecule has 3 rings (SSSR count). The van der Waals surface area contributed by atoms with Gasteiger partial charge in [0.1, 0.15) is 23.0 Å². The molecule has 0 radical (unpaired) electrons. The summed E-state index contributed by atoms with van der Waals surface area (Å²) in [6, 6.07) is 6.48. The molecule has 0 aliphatic heterocycles. The van der Waals surface area contributed by atoms with Gasteiger partial charge in [0.25, 0.3) is 5.91 Å². The number of nitrogens with one attached hydrogen (secondary N) is 1. The van der Waals surface area contributed by atoms with Crippen LogP contribution in [0.1, 0.15) is 16.2 Å². The third kappa shape index (κ3) is 2.33. The van der Waals surface area contributed by atoms with Gasteiger partial charge in [0.2, 0.25) is 0 Å². The van der Waals surface area contributed by atoms with E-state index >= 15 is 0 Å². The Morgan fingerprint density at radius 2 is 1.95 bits per heavy atom. The maximum atomic E-state index is 13.5. The van der Waals surface area contributed by atoms with Gasteiger partial charge in [-0.1, -0.05) is 6.07 Å². The highest BCUT2D eigenvalue weighted by Gasteiger charge is 2.15. The number of carbonyl (C=O) groups is 1. The Kier molecular flexibility index (Phi) is 3.09. The van der Waals surface area contributed by atoms with Gasteiger partial charge in [0.05, 0.1) is 6.20 Å². The van der Waals surface area contributed by atoms with Crippen LogP contribution in [0.3, 0.4) is 0 Å². The van der Waals surface area contributed by atoms with Crippen LogP contribution in [0.2, 0.25) is 0 Å². The van der Waals surface area contributed by atoms with Crippen molar-refractivity contribution in [3.63, 3.8) is 0 Å². The number of anilines is 1. The van der Waals surface area contributed by atoms with Crippen molar-refractivity contribution in [2.75, 3.05) is 5.32 Å². The summed E-state index contributed by atoms with van der Waals surface area (Å²) in [4.78, 5) is 16.2. The molecule has 0 atom stereocenters. The van der Waals surface area contributed by atoms with Crippen LogP contribution in [0.4, 0.5) is 14.5 Å². The van der Waals surface area contributed by atoms with Crippen molar-refractivity contribution >= 4 is 17.2 Å². The highest BCUT2D eigenvalue weighted by atomic mass is 19.1. The van der Waals surface area contributed by atoms with Crippen molar-refractivity contribution in [2.24, 2.45) is 0 Å². The van der Waals surface area contributed by atoms with E-state index in [-0.39, 0.29) is 5.69 Å². The van der Waals surface area contributed by atoms with E-state index in [0.717, 1.165) is 12.1 Å². The van der Waals surface area contributed by atoms with Crippen LogP contribution >= 0.6 is 0 Å². The predicted octanol–water partition coefficient (Wildman–Crippen LogP) is 2.57. The van der Waals surface area contributed by atoms with Crippen LogP contribution in [0, 0.1) is 18.6 Å². The third-order valence-electron chi connectivity index (χ3n) is 2.97. The number of rotatable bonds is 2. The molecule has 0 aliphatic rings. The van der Waals surface area contributed by atoms with Gasteiger partial charge in [-0.2, -0.15) is 5.10 Å². The standard InChI is InChI=1S/C14H10F2N4O/c1-8-7-11(18-12-5-6-17-20(8)12)14(21)19-13-9(15)3-2-4-10(13)16/h2-7H,1H3,(H,19,21). The van der Waals surface area contributed by atoms with Crippen molar-refractivity contribution < 1.29 is 13.6 Å². The number of amides is 1. The SMILES string of the molecule is Cc1cc(C(=O)Nc2c(F)cccc2F)nc2ccnn12. The third-order valence-corrected chi connectivity index (χ3v) is 2.97. The van der Waals surface area contributed by atoms with Crippen molar-refractivity contribution in [3.05, 3.63) is 59.6 Å². The second-order valence-electron chi connectivity index (χ2n) is 4.43. The number of benzene rings is 1. The first-order valence-electron chi connectivity index (χ1n) is 6.13. The lowest BCUT2D eigenvalue weighted by Gasteiger charge is -2.08. The summed E-state index contributed by atoms with van der Waals surface area (Å²) >= 11 is 0. The van der Waals surface area contributed by atoms with E-state index in [1.54, 1.807) is 23.7 Å². The van der Waals surface area contributed by atoms with Gasteiger partial charge < -0.3 is 5.32 Å². The number of aryl methyl sites for hydroxylation is 1. The van der Waals surface area contributed by atoms with E-state index in [1.165, 1.54) is 12.1 Å². The Labute approximate surface area is 118 Å². The summed E-state index contributed by atoms with van der Waals surface area (Å²) in [6.45, 7) is 1.75. The molecule has 2 heterocycles.